The predicted octanol–water partition coefficient (Wildman–Crippen LogP) is 10.3. The standard InChI is InChI=1S/C40H28N4O/c1-3-4-6-14-26(2)38-41-39(27-15-7-5-8-16-27)43-40(42-38)28-17-13-18-29(23-28)44-34-21-11-9-19-30(34)32-25-37-33(24-35(32)44)31-20-10-12-22-36(31)45-37/h3-25H,1H2,2H3/b6-4-,26-14+. The summed E-state index contributed by atoms with van der Waals surface area (Å²) in [6.07, 6.45) is 7.57. The largest absolute Gasteiger partial charge is 0.456 e. The van der Waals surface area contributed by atoms with Gasteiger partial charge in [0, 0.05) is 38.4 Å². The van der Waals surface area contributed by atoms with E-state index in [1.54, 1.807) is 6.08 Å². The maximum atomic E-state index is 6.27. The number of nitrogens with zero attached hydrogens (tertiary/aromatic N) is 4. The van der Waals surface area contributed by atoms with Crippen molar-refractivity contribution in [2.75, 3.05) is 0 Å². The topological polar surface area (TPSA) is 56.7 Å². The molecule has 3 aromatic heterocycles. The lowest BCUT2D eigenvalue weighted by atomic mass is 10.1. The highest BCUT2D eigenvalue weighted by Gasteiger charge is 2.17. The molecule has 8 aromatic rings. The van der Waals surface area contributed by atoms with Crippen LogP contribution in [0.4, 0.5) is 0 Å². The van der Waals surface area contributed by atoms with Crippen molar-refractivity contribution in [3.05, 3.63) is 152 Å². The normalized spacial score (nSPS) is 12.2. The average Bonchev–Trinajstić information content (AvgIpc) is 3.62. The molecule has 0 aliphatic heterocycles. The third-order valence-corrected chi connectivity index (χ3v) is 8.15. The molecule has 0 saturated carbocycles. The summed E-state index contributed by atoms with van der Waals surface area (Å²) in [4.78, 5) is 14.8. The number of hydrogen-bond acceptors (Lipinski definition) is 4. The number of benzene rings is 5. The number of hydrogen-bond donors (Lipinski definition) is 0. The molecule has 3 heterocycles. The number of aromatic nitrogens is 4. The van der Waals surface area contributed by atoms with E-state index < -0.39 is 0 Å². The fourth-order valence-corrected chi connectivity index (χ4v) is 6.00. The highest BCUT2D eigenvalue weighted by Crippen LogP contribution is 2.38. The maximum absolute atomic E-state index is 6.27. The molecule has 0 N–H and O–H groups in total. The number of para-hydroxylation sites is 2. The zero-order valence-electron chi connectivity index (χ0n) is 24.7. The Morgan fingerprint density at radius 2 is 1.36 bits per heavy atom. The minimum Gasteiger partial charge on any atom is -0.456 e. The van der Waals surface area contributed by atoms with Crippen molar-refractivity contribution in [3.8, 4) is 28.5 Å². The van der Waals surface area contributed by atoms with Crippen LogP contribution in [-0.4, -0.2) is 19.5 Å². The molecule has 8 rings (SSSR count). The fourth-order valence-electron chi connectivity index (χ4n) is 6.00. The Bertz CT molecular complexity index is 2460. The van der Waals surface area contributed by atoms with Crippen molar-refractivity contribution in [2.45, 2.75) is 6.92 Å². The monoisotopic (exact) mass is 580 g/mol. The van der Waals surface area contributed by atoms with E-state index in [-0.39, 0.29) is 0 Å². The molecule has 5 aromatic carbocycles. The molecule has 0 aliphatic rings. The molecule has 45 heavy (non-hydrogen) atoms. The summed E-state index contributed by atoms with van der Waals surface area (Å²) in [5, 5.41) is 4.52. The molecule has 5 nitrogen and oxygen atoms in total. The molecular weight excluding hydrogens is 552 g/mol. The van der Waals surface area contributed by atoms with Gasteiger partial charge in [0.1, 0.15) is 11.2 Å². The first-order valence-corrected chi connectivity index (χ1v) is 14.9. The van der Waals surface area contributed by atoms with Gasteiger partial charge in [0.05, 0.1) is 11.0 Å². The van der Waals surface area contributed by atoms with Crippen molar-refractivity contribution >= 4 is 49.3 Å². The number of furan rings is 1. The van der Waals surface area contributed by atoms with Gasteiger partial charge in [-0.05, 0) is 48.9 Å². The van der Waals surface area contributed by atoms with Crippen LogP contribution in [0, 0.1) is 0 Å². The molecule has 0 aliphatic carbocycles. The van der Waals surface area contributed by atoms with Crippen molar-refractivity contribution in [1.29, 1.82) is 0 Å². The van der Waals surface area contributed by atoms with Gasteiger partial charge in [-0.1, -0.05) is 110 Å². The minimum absolute atomic E-state index is 0.616. The van der Waals surface area contributed by atoms with E-state index >= 15 is 0 Å². The Hall–Kier alpha value is -6.07. The molecule has 0 bridgehead atoms. The maximum Gasteiger partial charge on any atom is 0.164 e. The third-order valence-electron chi connectivity index (χ3n) is 8.15. The van der Waals surface area contributed by atoms with E-state index in [9.17, 15) is 0 Å². The molecule has 0 spiro atoms. The lowest BCUT2D eigenvalue weighted by molar-refractivity contribution is 0.669. The summed E-state index contributed by atoms with van der Waals surface area (Å²) >= 11 is 0. The summed E-state index contributed by atoms with van der Waals surface area (Å²) < 4.78 is 8.59. The van der Waals surface area contributed by atoms with Crippen LogP contribution < -0.4 is 0 Å². The zero-order valence-corrected chi connectivity index (χ0v) is 24.7. The van der Waals surface area contributed by atoms with Crippen LogP contribution >= 0.6 is 0 Å². The van der Waals surface area contributed by atoms with E-state index in [2.05, 4.69) is 83.9 Å². The Balaban J connectivity index is 1.34. The molecule has 214 valence electrons. The number of allylic oxidation sites excluding steroid dienone is 5. The first-order valence-electron chi connectivity index (χ1n) is 14.9. The van der Waals surface area contributed by atoms with Gasteiger partial charge in [-0.3, -0.25) is 0 Å². The molecule has 0 unspecified atom stereocenters. The van der Waals surface area contributed by atoms with E-state index in [1.165, 1.54) is 5.39 Å². The Labute approximate surface area is 260 Å². The van der Waals surface area contributed by atoms with Crippen molar-refractivity contribution in [2.24, 2.45) is 0 Å². The van der Waals surface area contributed by atoms with Crippen molar-refractivity contribution < 1.29 is 4.42 Å². The first kappa shape index (κ1) is 26.5. The van der Waals surface area contributed by atoms with Crippen LogP contribution in [0.2, 0.25) is 0 Å². The van der Waals surface area contributed by atoms with Crippen LogP contribution in [0.3, 0.4) is 0 Å². The molecule has 0 fully saturated rings. The Morgan fingerprint density at radius 1 is 0.622 bits per heavy atom. The van der Waals surface area contributed by atoms with Gasteiger partial charge < -0.3 is 8.98 Å². The quantitative estimate of drug-likeness (QED) is 0.184. The van der Waals surface area contributed by atoms with E-state index in [0.717, 1.165) is 60.7 Å². The van der Waals surface area contributed by atoms with Gasteiger partial charge in [0.2, 0.25) is 0 Å². The SMILES string of the molecule is C=C/C=C\C=C(/C)c1nc(-c2ccccc2)nc(-c2cccc(-n3c4ccccc4c4cc5oc6ccccc6c5cc43)c2)n1. The first-order chi connectivity index (χ1) is 22.2. The van der Waals surface area contributed by atoms with E-state index in [1.807, 2.05) is 67.6 Å². The number of fused-ring (bicyclic) bond motifs is 6. The van der Waals surface area contributed by atoms with Gasteiger partial charge >= 0.3 is 0 Å². The van der Waals surface area contributed by atoms with Gasteiger partial charge in [-0.2, -0.15) is 0 Å². The van der Waals surface area contributed by atoms with Crippen LogP contribution in [-0.2, 0) is 0 Å². The summed E-state index contributed by atoms with van der Waals surface area (Å²) in [6, 6.07) is 39.6. The highest BCUT2D eigenvalue weighted by atomic mass is 16.3. The van der Waals surface area contributed by atoms with Crippen LogP contribution in [0.5, 0.6) is 0 Å². The fraction of sp³-hybridized carbons (Fsp3) is 0.0250. The average molecular weight is 581 g/mol. The van der Waals surface area contributed by atoms with Crippen molar-refractivity contribution in [1.82, 2.24) is 19.5 Å². The minimum atomic E-state index is 0.616. The van der Waals surface area contributed by atoms with Gasteiger partial charge in [0.15, 0.2) is 17.5 Å². The molecule has 0 atom stereocenters. The second-order valence-corrected chi connectivity index (χ2v) is 11.0. The molecule has 5 heteroatoms. The summed E-state index contributed by atoms with van der Waals surface area (Å²) in [5.74, 6) is 1.88. The predicted molar refractivity (Wildman–Crippen MR) is 185 cm³/mol. The summed E-state index contributed by atoms with van der Waals surface area (Å²) in [5.41, 5.74) is 7.81. The number of rotatable bonds is 6. The van der Waals surface area contributed by atoms with Gasteiger partial charge in [0.25, 0.3) is 0 Å². The summed E-state index contributed by atoms with van der Waals surface area (Å²) in [6.45, 7) is 5.78. The Morgan fingerprint density at radius 3 is 2.20 bits per heavy atom. The van der Waals surface area contributed by atoms with Crippen LogP contribution in [0.25, 0.3) is 77.8 Å². The van der Waals surface area contributed by atoms with Gasteiger partial charge in [-0.25, -0.2) is 15.0 Å². The van der Waals surface area contributed by atoms with Crippen LogP contribution in [0.15, 0.2) is 151 Å². The molecule has 0 radical (unpaired) electrons. The third kappa shape index (κ3) is 4.62. The lowest BCUT2D eigenvalue weighted by Crippen LogP contribution is -2.02. The van der Waals surface area contributed by atoms with Crippen molar-refractivity contribution in [3.63, 3.8) is 0 Å². The Kier molecular flexibility index (Phi) is 6.42. The second kappa shape index (κ2) is 10.9. The van der Waals surface area contributed by atoms with E-state index in [4.69, 9.17) is 19.4 Å². The molecular formula is C40H28N4O. The second-order valence-electron chi connectivity index (χ2n) is 11.0. The van der Waals surface area contributed by atoms with E-state index in [0.29, 0.717) is 17.5 Å². The van der Waals surface area contributed by atoms with Gasteiger partial charge in [-0.15, -0.1) is 0 Å². The molecule has 0 saturated heterocycles. The van der Waals surface area contributed by atoms with Crippen LogP contribution in [0.1, 0.15) is 12.7 Å². The highest BCUT2D eigenvalue weighted by molar-refractivity contribution is 6.17. The summed E-state index contributed by atoms with van der Waals surface area (Å²) in [7, 11) is 0. The zero-order chi connectivity index (χ0) is 30.3. The smallest absolute Gasteiger partial charge is 0.164 e. The lowest BCUT2D eigenvalue weighted by Gasteiger charge is -2.11. The molecule has 0 amide bonds.